The van der Waals surface area contributed by atoms with Gasteiger partial charge in [0.25, 0.3) is 10.0 Å². The maximum absolute atomic E-state index is 13.8. The molecule has 10 heteroatoms. The molecule has 0 aliphatic carbocycles. The Balaban J connectivity index is 2.15. The fraction of sp³-hybridized carbons (Fsp3) is 0.136. The van der Waals surface area contributed by atoms with Crippen LogP contribution in [-0.2, 0) is 16.6 Å². The van der Waals surface area contributed by atoms with Crippen molar-refractivity contribution in [1.82, 2.24) is 4.98 Å². The van der Waals surface area contributed by atoms with Crippen molar-refractivity contribution in [3.05, 3.63) is 77.2 Å². The largest absolute Gasteiger partial charge is 0.497 e. The van der Waals surface area contributed by atoms with Crippen molar-refractivity contribution in [2.75, 3.05) is 18.5 Å². The normalized spacial score (nSPS) is 10.7. The van der Waals surface area contributed by atoms with Gasteiger partial charge in [-0.05, 0) is 42.5 Å². The van der Waals surface area contributed by atoms with E-state index in [9.17, 15) is 12.8 Å². The van der Waals surface area contributed by atoms with Gasteiger partial charge in [0.2, 0.25) is 0 Å². The van der Waals surface area contributed by atoms with Gasteiger partial charge in [-0.15, -0.1) is 0 Å². The monoisotopic (exact) mass is 452 g/mol. The van der Waals surface area contributed by atoms with E-state index < -0.39 is 21.4 Å². The summed E-state index contributed by atoms with van der Waals surface area (Å²) in [6.07, 6.45) is 1.24. The second-order valence-corrected chi connectivity index (χ2v) is 8.32. The van der Waals surface area contributed by atoms with Crippen molar-refractivity contribution >= 4 is 15.8 Å². The first kappa shape index (κ1) is 22.5. The van der Waals surface area contributed by atoms with Gasteiger partial charge in [0.1, 0.15) is 35.3 Å². The van der Waals surface area contributed by atoms with Crippen LogP contribution in [0, 0.1) is 28.5 Å². The molecule has 0 amide bonds. The van der Waals surface area contributed by atoms with E-state index in [-0.39, 0.29) is 22.8 Å². The van der Waals surface area contributed by atoms with Crippen LogP contribution in [0.2, 0.25) is 0 Å². The second kappa shape index (κ2) is 9.33. The van der Waals surface area contributed by atoms with Gasteiger partial charge in [0, 0.05) is 17.8 Å². The van der Waals surface area contributed by atoms with Crippen LogP contribution in [0.3, 0.4) is 0 Å². The summed E-state index contributed by atoms with van der Waals surface area (Å²) >= 11 is 0. The van der Waals surface area contributed by atoms with Crippen LogP contribution in [-0.4, -0.2) is 27.6 Å². The fourth-order valence-electron chi connectivity index (χ4n) is 2.90. The minimum Gasteiger partial charge on any atom is -0.497 e. The number of nitrogens with zero attached hydrogens (tertiary/aromatic N) is 4. The van der Waals surface area contributed by atoms with Crippen LogP contribution in [0.1, 0.15) is 16.7 Å². The van der Waals surface area contributed by atoms with Crippen molar-refractivity contribution in [2.24, 2.45) is 0 Å². The maximum atomic E-state index is 13.8. The van der Waals surface area contributed by atoms with Crippen molar-refractivity contribution < 1.29 is 22.3 Å². The number of nitriles is 2. The molecule has 0 saturated heterocycles. The second-order valence-electron chi connectivity index (χ2n) is 6.46. The van der Waals surface area contributed by atoms with Gasteiger partial charge >= 0.3 is 0 Å². The summed E-state index contributed by atoms with van der Waals surface area (Å²) in [7, 11) is -1.34. The highest BCUT2D eigenvalue weighted by atomic mass is 32.2. The van der Waals surface area contributed by atoms with Crippen molar-refractivity contribution in [1.29, 1.82) is 10.5 Å². The fourth-order valence-corrected chi connectivity index (χ4v) is 4.33. The van der Waals surface area contributed by atoms with E-state index in [2.05, 4.69) is 4.98 Å². The summed E-state index contributed by atoms with van der Waals surface area (Å²) in [6, 6.07) is 14.3. The molecule has 0 saturated carbocycles. The highest BCUT2D eigenvalue weighted by Crippen LogP contribution is 2.30. The Bertz CT molecular complexity index is 1330. The molecule has 8 nitrogen and oxygen atoms in total. The van der Waals surface area contributed by atoms with Gasteiger partial charge in [-0.25, -0.2) is 22.1 Å². The smallest absolute Gasteiger partial charge is 0.265 e. The lowest BCUT2D eigenvalue weighted by Gasteiger charge is -2.24. The van der Waals surface area contributed by atoms with Crippen LogP contribution in [0.25, 0.3) is 0 Å². The van der Waals surface area contributed by atoms with E-state index in [1.54, 1.807) is 24.3 Å². The lowest BCUT2D eigenvalue weighted by molar-refractivity contribution is 0.391. The number of sulfonamides is 1. The number of halogens is 1. The molecule has 1 heterocycles. The van der Waals surface area contributed by atoms with Crippen molar-refractivity contribution in [2.45, 2.75) is 11.4 Å². The maximum Gasteiger partial charge on any atom is 0.265 e. The van der Waals surface area contributed by atoms with E-state index in [0.717, 1.165) is 22.5 Å². The predicted molar refractivity (Wildman–Crippen MR) is 113 cm³/mol. The Hall–Kier alpha value is -4.15. The molecule has 0 spiro atoms. The van der Waals surface area contributed by atoms with E-state index in [4.69, 9.17) is 20.0 Å². The zero-order chi connectivity index (χ0) is 23.3. The molecule has 0 aliphatic heterocycles. The molecule has 0 atom stereocenters. The molecule has 3 aromatic rings. The standard InChI is InChI=1S/C22H17FN4O4S/c1-30-18-5-4-16(21(10-18)31-2)14-27(22-8-3-15(11-24)13-26-22)32(28,29)19-6-7-20(23)17(9-19)12-25/h3-10,13H,14H2,1-2H3. The third kappa shape index (κ3) is 4.46. The number of benzene rings is 2. The topological polar surface area (TPSA) is 116 Å². The number of hydrogen-bond acceptors (Lipinski definition) is 7. The number of rotatable bonds is 7. The van der Waals surface area contributed by atoms with Gasteiger partial charge in [-0.2, -0.15) is 10.5 Å². The third-order valence-corrected chi connectivity index (χ3v) is 6.33. The predicted octanol–water partition coefficient (Wildman–Crippen LogP) is 3.38. The lowest BCUT2D eigenvalue weighted by atomic mass is 10.2. The highest BCUT2D eigenvalue weighted by Gasteiger charge is 2.28. The molecule has 0 bridgehead atoms. The number of methoxy groups -OCH3 is 2. The SMILES string of the molecule is COc1ccc(CN(c2ccc(C#N)cn2)S(=O)(=O)c2ccc(F)c(C#N)c2)c(OC)c1. The number of hydrogen-bond donors (Lipinski definition) is 0. The van der Waals surface area contributed by atoms with Gasteiger partial charge in [-0.3, -0.25) is 0 Å². The summed E-state index contributed by atoms with van der Waals surface area (Å²) in [5.74, 6) is 0.111. The van der Waals surface area contributed by atoms with Gasteiger partial charge < -0.3 is 9.47 Å². The number of pyridine rings is 1. The highest BCUT2D eigenvalue weighted by molar-refractivity contribution is 7.92. The first-order valence-corrected chi connectivity index (χ1v) is 10.6. The third-order valence-electron chi connectivity index (χ3n) is 4.59. The van der Waals surface area contributed by atoms with Crippen LogP contribution in [0.4, 0.5) is 10.2 Å². The molecule has 0 unspecified atom stereocenters. The zero-order valence-electron chi connectivity index (χ0n) is 17.1. The van der Waals surface area contributed by atoms with Crippen LogP contribution in [0.5, 0.6) is 11.5 Å². The molecule has 0 radical (unpaired) electrons. The van der Waals surface area contributed by atoms with Gasteiger partial charge in [-0.1, -0.05) is 0 Å². The Morgan fingerprint density at radius 1 is 1.03 bits per heavy atom. The van der Waals surface area contributed by atoms with Crippen molar-refractivity contribution in [3.63, 3.8) is 0 Å². The first-order chi connectivity index (χ1) is 15.3. The molecular weight excluding hydrogens is 435 g/mol. The Labute approximate surface area is 184 Å². The van der Waals surface area contributed by atoms with Crippen LogP contribution < -0.4 is 13.8 Å². The molecular formula is C22H17FN4O4S. The molecule has 3 rings (SSSR count). The molecule has 0 fully saturated rings. The van der Waals surface area contributed by atoms with Crippen molar-refractivity contribution in [3.8, 4) is 23.6 Å². The van der Waals surface area contributed by atoms with Gasteiger partial charge in [0.15, 0.2) is 0 Å². The minimum atomic E-state index is -4.28. The van der Waals surface area contributed by atoms with E-state index >= 15 is 0 Å². The molecule has 162 valence electrons. The first-order valence-electron chi connectivity index (χ1n) is 9.13. The summed E-state index contributed by atoms with van der Waals surface area (Å²) < 4.78 is 52.4. The summed E-state index contributed by atoms with van der Waals surface area (Å²) in [5.41, 5.74) is 0.355. The summed E-state index contributed by atoms with van der Waals surface area (Å²) in [6.45, 7) is -0.187. The summed E-state index contributed by atoms with van der Waals surface area (Å²) in [5, 5.41) is 18.1. The molecule has 2 aromatic carbocycles. The number of anilines is 1. The Morgan fingerprint density at radius 2 is 1.81 bits per heavy atom. The molecule has 0 N–H and O–H groups in total. The van der Waals surface area contributed by atoms with E-state index in [1.165, 1.54) is 32.5 Å². The molecule has 1 aromatic heterocycles. The van der Waals surface area contributed by atoms with Crippen LogP contribution in [0.15, 0.2) is 59.6 Å². The van der Waals surface area contributed by atoms with E-state index in [0.29, 0.717) is 17.1 Å². The Morgan fingerprint density at radius 3 is 2.41 bits per heavy atom. The molecule has 0 aliphatic rings. The lowest BCUT2D eigenvalue weighted by Crippen LogP contribution is -2.31. The minimum absolute atomic E-state index is 0.0321. The van der Waals surface area contributed by atoms with Gasteiger partial charge in [0.05, 0.1) is 36.8 Å². The average molecular weight is 452 g/mol. The Kier molecular flexibility index (Phi) is 6.57. The zero-order valence-corrected chi connectivity index (χ0v) is 17.9. The average Bonchev–Trinajstić information content (AvgIpc) is 2.82. The van der Waals surface area contributed by atoms with Crippen LogP contribution >= 0.6 is 0 Å². The summed E-state index contributed by atoms with van der Waals surface area (Å²) in [4.78, 5) is 3.82. The number of ether oxygens (including phenoxy) is 2. The molecule has 32 heavy (non-hydrogen) atoms. The quantitative estimate of drug-likeness (QED) is 0.539. The van der Waals surface area contributed by atoms with E-state index in [1.807, 2.05) is 6.07 Å². The number of aromatic nitrogens is 1.